The molecule has 0 bridgehead atoms. The number of hydrogen-bond acceptors (Lipinski definition) is 4. The van der Waals surface area contributed by atoms with Crippen LogP contribution in [0.25, 0.3) is 22.0 Å². The van der Waals surface area contributed by atoms with Gasteiger partial charge >= 0.3 is 7.12 Å². The Balaban J connectivity index is 1.87. The molecule has 30 heavy (non-hydrogen) atoms. The molecule has 1 fully saturated rings. The van der Waals surface area contributed by atoms with Crippen LogP contribution in [0.3, 0.4) is 0 Å². The second-order valence-electron chi connectivity index (χ2n) is 8.71. The van der Waals surface area contributed by atoms with E-state index in [1.807, 2.05) is 81.8 Å². The number of rotatable bonds is 4. The summed E-state index contributed by atoms with van der Waals surface area (Å²) in [4.78, 5) is 12.3. The van der Waals surface area contributed by atoms with Gasteiger partial charge in [-0.2, -0.15) is 0 Å². The number of amides is 1. The van der Waals surface area contributed by atoms with Crippen molar-refractivity contribution in [2.75, 3.05) is 7.11 Å². The van der Waals surface area contributed by atoms with Crippen LogP contribution in [0.4, 0.5) is 0 Å². The van der Waals surface area contributed by atoms with Gasteiger partial charge in [-0.05, 0) is 45.3 Å². The molecule has 1 aliphatic heterocycles. The standard InChI is InChI=1S/C23H27BN2O4/c1-22(2)23(3,4)30-24(29-22)14-11-12-16(18(13-14)28-6)19-15-9-7-8-10-17(15)26(5)20(19)21(25)27/h7-13H,1-6H3,(H2,25,27). The summed E-state index contributed by atoms with van der Waals surface area (Å²) < 4.78 is 19.9. The fourth-order valence-electron chi connectivity index (χ4n) is 3.99. The van der Waals surface area contributed by atoms with Crippen LogP contribution < -0.4 is 15.9 Å². The number of nitrogens with two attached hydrogens (primary N) is 1. The van der Waals surface area contributed by atoms with Crippen molar-refractivity contribution in [3.8, 4) is 16.9 Å². The molecule has 2 N–H and O–H groups in total. The van der Waals surface area contributed by atoms with Crippen LogP contribution in [0, 0.1) is 0 Å². The normalized spacial score (nSPS) is 17.5. The van der Waals surface area contributed by atoms with E-state index in [-0.39, 0.29) is 0 Å². The number of carbonyl (C=O) groups excluding carboxylic acids is 1. The van der Waals surface area contributed by atoms with E-state index in [0.29, 0.717) is 11.4 Å². The number of para-hydroxylation sites is 1. The Morgan fingerprint density at radius 2 is 1.70 bits per heavy atom. The monoisotopic (exact) mass is 406 g/mol. The van der Waals surface area contributed by atoms with Gasteiger partial charge in [0.1, 0.15) is 11.4 Å². The quantitative estimate of drug-likeness (QED) is 0.675. The molecule has 4 rings (SSSR count). The molecule has 3 aromatic rings. The summed E-state index contributed by atoms with van der Waals surface area (Å²) in [6.45, 7) is 8.09. The zero-order valence-corrected chi connectivity index (χ0v) is 18.3. The van der Waals surface area contributed by atoms with Gasteiger partial charge in [-0.15, -0.1) is 0 Å². The van der Waals surface area contributed by atoms with Crippen LogP contribution in [0.1, 0.15) is 38.2 Å². The van der Waals surface area contributed by atoms with Gasteiger partial charge in [0.05, 0.1) is 18.3 Å². The van der Waals surface area contributed by atoms with Crippen molar-refractivity contribution in [2.45, 2.75) is 38.9 Å². The van der Waals surface area contributed by atoms with Crippen LogP contribution in [0.15, 0.2) is 42.5 Å². The molecule has 0 aliphatic carbocycles. The maximum absolute atomic E-state index is 12.3. The predicted octanol–water partition coefficient (Wildman–Crippen LogP) is 3.25. The molecule has 0 radical (unpaired) electrons. The molecule has 2 aromatic carbocycles. The van der Waals surface area contributed by atoms with E-state index >= 15 is 0 Å². The molecule has 156 valence electrons. The minimum Gasteiger partial charge on any atom is -0.496 e. The molecule has 6 nitrogen and oxygen atoms in total. The molecule has 1 aliphatic rings. The Bertz CT molecular complexity index is 1130. The second-order valence-corrected chi connectivity index (χ2v) is 8.71. The molecule has 2 heterocycles. The maximum Gasteiger partial charge on any atom is 0.494 e. The van der Waals surface area contributed by atoms with Crippen molar-refractivity contribution >= 4 is 29.4 Å². The summed E-state index contributed by atoms with van der Waals surface area (Å²) in [6.07, 6.45) is 0. The van der Waals surface area contributed by atoms with E-state index in [1.54, 1.807) is 7.11 Å². The topological polar surface area (TPSA) is 75.7 Å². The fourth-order valence-corrected chi connectivity index (χ4v) is 3.99. The first-order valence-electron chi connectivity index (χ1n) is 9.98. The molecule has 7 heteroatoms. The van der Waals surface area contributed by atoms with Crippen LogP contribution in [0.2, 0.25) is 0 Å². The molecule has 1 aromatic heterocycles. The van der Waals surface area contributed by atoms with Crippen molar-refractivity contribution in [1.82, 2.24) is 4.57 Å². The van der Waals surface area contributed by atoms with Gasteiger partial charge in [-0.25, -0.2) is 0 Å². The molecular weight excluding hydrogens is 379 g/mol. The summed E-state index contributed by atoms with van der Waals surface area (Å²) >= 11 is 0. The Labute approximate surface area is 177 Å². The summed E-state index contributed by atoms with van der Waals surface area (Å²) in [5.41, 5.74) is 8.68. The van der Waals surface area contributed by atoms with Gasteiger partial charge in [-0.3, -0.25) is 4.79 Å². The number of methoxy groups -OCH3 is 1. The lowest BCUT2D eigenvalue weighted by Gasteiger charge is -2.32. The first kappa shape index (κ1) is 20.5. The number of primary amides is 1. The Morgan fingerprint density at radius 3 is 2.30 bits per heavy atom. The number of aromatic nitrogens is 1. The van der Waals surface area contributed by atoms with Crippen molar-refractivity contribution < 1.29 is 18.8 Å². The Kier molecular flexibility index (Phi) is 4.71. The van der Waals surface area contributed by atoms with Crippen LogP contribution in [-0.4, -0.2) is 35.9 Å². The van der Waals surface area contributed by atoms with Crippen molar-refractivity contribution in [1.29, 1.82) is 0 Å². The van der Waals surface area contributed by atoms with Gasteiger partial charge in [0, 0.05) is 29.1 Å². The lowest BCUT2D eigenvalue weighted by molar-refractivity contribution is 0.00578. The summed E-state index contributed by atoms with van der Waals surface area (Å²) in [7, 11) is 2.96. The summed E-state index contributed by atoms with van der Waals surface area (Å²) in [5, 5.41) is 0.940. The Hall–Kier alpha value is -2.77. The average Bonchev–Trinajstić information content (AvgIpc) is 3.11. The molecular formula is C23H27BN2O4. The van der Waals surface area contributed by atoms with E-state index < -0.39 is 24.2 Å². The van der Waals surface area contributed by atoms with Crippen LogP contribution in [-0.2, 0) is 16.4 Å². The van der Waals surface area contributed by atoms with E-state index in [2.05, 4.69) is 0 Å². The third-order valence-corrected chi connectivity index (χ3v) is 6.36. The lowest BCUT2D eigenvalue weighted by Crippen LogP contribution is -2.41. The first-order chi connectivity index (χ1) is 14.1. The molecule has 1 saturated heterocycles. The van der Waals surface area contributed by atoms with Gasteiger partial charge in [0.2, 0.25) is 0 Å². The van der Waals surface area contributed by atoms with Gasteiger partial charge < -0.3 is 24.3 Å². The SMILES string of the molecule is COc1cc(B2OC(C)(C)C(C)(C)O2)ccc1-c1c(C(N)=O)n(C)c2ccccc12. The number of fused-ring (bicyclic) bond motifs is 1. The van der Waals surface area contributed by atoms with Gasteiger partial charge in [0.25, 0.3) is 5.91 Å². The predicted molar refractivity (Wildman–Crippen MR) is 119 cm³/mol. The molecule has 0 spiro atoms. The minimum atomic E-state index is -0.499. The molecule has 0 unspecified atom stereocenters. The first-order valence-corrected chi connectivity index (χ1v) is 9.98. The van der Waals surface area contributed by atoms with Gasteiger partial charge in [0.15, 0.2) is 0 Å². The van der Waals surface area contributed by atoms with Crippen molar-refractivity contribution in [3.63, 3.8) is 0 Å². The van der Waals surface area contributed by atoms with E-state index in [9.17, 15) is 4.79 Å². The number of nitrogens with zero attached hydrogens (tertiary/aromatic N) is 1. The fraction of sp³-hybridized carbons (Fsp3) is 0.348. The number of aryl methyl sites for hydroxylation is 1. The largest absolute Gasteiger partial charge is 0.496 e. The number of ether oxygens (including phenoxy) is 1. The van der Waals surface area contributed by atoms with Gasteiger partial charge in [-0.1, -0.05) is 30.3 Å². The average molecular weight is 406 g/mol. The third-order valence-electron chi connectivity index (χ3n) is 6.36. The summed E-state index contributed by atoms with van der Waals surface area (Å²) in [6, 6.07) is 13.6. The molecule has 0 saturated carbocycles. The zero-order chi connectivity index (χ0) is 21.8. The number of carbonyl (C=O) groups is 1. The number of benzene rings is 2. The maximum atomic E-state index is 12.3. The van der Waals surface area contributed by atoms with Crippen LogP contribution >= 0.6 is 0 Å². The third kappa shape index (κ3) is 3.00. The summed E-state index contributed by atoms with van der Waals surface area (Å²) in [5.74, 6) is 0.141. The van der Waals surface area contributed by atoms with Crippen molar-refractivity contribution in [3.05, 3.63) is 48.2 Å². The molecule has 0 atom stereocenters. The highest BCUT2D eigenvalue weighted by molar-refractivity contribution is 6.62. The minimum absolute atomic E-state index is 0.432. The van der Waals surface area contributed by atoms with Crippen LogP contribution in [0.5, 0.6) is 5.75 Å². The lowest BCUT2D eigenvalue weighted by atomic mass is 9.78. The number of hydrogen-bond donors (Lipinski definition) is 1. The second kappa shape index (κ2) is 6.89. The smallest absolute Gasteiger partial charge is 0.494 e. The zero-order valence-electron chi connectivity index (χ0n) is 18.3. The molecule has 1 amide bonds. The highest BCUT2D eigenvalue weighted by atomic mass is 16.7. The van der Waals surface area contributed by atoms with E-state index in [1.165, 1.54) is 0 Å². The van der Waals surface area contributed by atoms with E-state index in [4.69, 9.17) is 19.8 Å². The highest BCUT2D eigenvalue weighted by Gasteiger charge is 2.51. The van der Waals surface area contributed by atoms with E-state index in [0.717, 1.165) is 27.5 Å². The highest BCUT2D eigenvalue weighted by Crippen LogP contribution is 2.40. The van der Waals surface area contributed by atoms with Crippen molar-refractivity contribution in [2.24, 2.45) is 12.8 Å². The Morgan fingerprint density at radius 1 is 1.07 bits per heavy atom.